The molecule has 83 heavy (non-hydrogen) atoms. The number of ether oxygens (including phenoxy) is 3. The minimum absolute atomic E-state index is 0.103. The van der Waals surface area contributed by atoms with Crippen molar-refractivity contribution in [3.05, 3.63) is 85.1 Å². The molecule has 0 rings (SSSR count). The normalized spacial score (nSPS) is 14.9. The molecule has 0 aromatic heterocycles. The van der Waals surface area contributed by atoms with Crippen molar-refractivity contribution in [1.29, 1.82) is 0 Å². The van der Waals surface area contributed by atoms with Crippen LogP contribution in [-0.2, 0) is 55.8 Å². The van der Waals surface area contributed by atoms with E-state index in [9.17, 15) is 43.5 Å². The van der Waals surface area contributed by atoms with Gasteiger partial charge in [0.15, 0.2) is 6.10 Å². The van der Waals surface area contributed by atoms with E-state index in [0.29, 0.717) is 19.3 Å². The van der Waals surface area contributed by atoms with Crippen LogP contribution in [0.5, 0.6) is 0 Å². The Labute approximate surface area is 502 Å². The van der Waals surface area contributed by atoms with Crippen LogP contribution in [0.4, 0.5) is 0 Å². The Morgan fingerprint density at radius 3 is 1.01 bits per heavy atom. The van der Waals surface area contributed by atoms with Crippen LogP contribution in [0.2, 0.25) is 0 Å². The molecule has 18 heteroatoms. The summed E-state index contributed by atoms with van der Waals surface area (Å²) in [5.41, 5.74) is 0. The number of esters is 3. The standard InChI is InChI=1S/C65H114O16P2/c1-4-7-10-13-16-19-22-25-28-29-32-34-36-39-42-45-48-51-63(68)75-54-60(66)55-77-82(71,72)78-56-61(67)57-79-83(73,74)80-59-62(81-65(70)53-50-47-44-41-38-35-31-27-24-21-18-15-12-9-6-3)58-76-64(69)52-49-46-43-40-37-33-30-26-23-20-17-14-11-8-5-2/h7-8,10-11,16-17,19-20,25-26,28,30,32,34,60-62,66-67H,4-6,9,12-15,18,21-24,27,29,31,33,35-59H2,1-3H3,(H,71,72)(H,73,74)/b10-7-,11-8-,19-16-,20-17-,28-25-,30-26-,34-32-. The summed E-state index contributed by atoms with van der Waals surface area (Å²) in [6, 6.07) is 0. The fourth-order valence-corrected chi connectivity index (χ4v) is 9.87. The number of hydrogen-bond acceptors (Lipinski definition) is 14. The number of hydrogen-bond donors (Lipinski definition) is 4. The number of rotatable bonds is 60. The molecule has 0 amide bonds. The maximum absolute atomic E-state index is 12.9. The zero-order valence-corrected chi connectivity index (χ0v) is 53.4. The Morgan fingerprint density at radius 2 is 0.639 bits per heavy atom. The van der Waals surface area contributed by atoms with Gasteiger partial charge in [-0.15, -0.1) is 0 Å². The molecule has 0 aromatic rings. The van der Waals surface area contributed by atoms with Crippen LogP contribution in [0.1, 0.15) is 252 Å². The summed E-state index contributed by atoms with van der Waals surface area (Å²) in [6.45, 7) is 2.39. The molecule has 480 valence electrons. The minimum Gasteiger partial charge on any atom is -0.463 e. The minimum atomic E-state index is -4.92. The first kappa shape index (κ1) is 79.7. The number of aliphatic hydroxyl groups excluding tert-OH is 2. The van der Waals surface area contributed by atoms with Crippen LogP contribution in [0, 0.1) is 0 Å². The van der Waals surface area contributed by atoms with Gasteiger partial charge in [0.1, 0.15) is 25.4 Å². The monoisotopic (exact) mass is 1210 g/mol. The summed E-state index contributed by atoms with van der Waals surface area (Å²) in [6.07, 6.45) is 60.7. The molecule has 0 heterocycles. The van der Waals surface area contributed by atoms with Crippen molar-refractivity contribution < 1.29 is 75.8 Å². The Kier molecular flexibility index (Phi) is 56.8. The number of phosphoric ester groups is 2. The molecular formula is C65H114O16P2. The second kappa shape index (κ2) is 59.1. The zero-order valence-electron chi connectivity index (χ0n) is 51.6. The van der Waals surface area contributed by atoms with E-state index in [1.807, 2.05) is 0 Å². The van der Waals surface area contributed by atoms with Gasteiger partial charge in [-0.1, -0.05) is 228 Å². The maximum atomic E-state index is 12.9. The van der Waals surface area contributed by atoms with Crippen LogP contribution in [-0.4, -0.2) is 95.9 Å². The largest absolute Gasteiger partial charge is 0.472 e. The molecule has 0 saturated heterocycles. The summed E-state index contributed by atoms with van der Waals surface area (Å²) in [5, 5.41) is 20.5. The van der Waals surface area contributed by atoms with Gasteiger partial charge in [-0.3, -0.25) is 32.5 Å². The Morgan fingerprint density at radius 1 is 0.349 bits per heavy atom. The van der Waals surface area contributed by atoms with Gasteiger partial charge < -0.3 is 34.2 Å². The number of carbonyl (C=O) groups excluding carboxylic acids is 3. The quantitative estimate of drug-likeness (QED) is 0.0146. The van der Waals surface area contributed by atoms with Gasteiger partial charge in [0.05, 0.1) is 26.4 Å². The number of aliphatic hydroxyl groups is 2. The smallest absolute Gasteiger partial charge is 0.463 e. The van der Waals surface area contributed by atoms with Crippen LogP contribution < -0.4 is 0 Å². The third-order valence-corrected chi connectivity index (χ3v) is 15.0. The lowest BCUT2D eigenvalue weighted by Gasteiger charge is -2.21. The highest BCUT2D eigenvalue weighted by Gasteiger charge is 2.29. The first-order chi connectivity index (χ1) is 40.2. The van der Waals surface area contributed by atoms with E-state index in [0.717, 1.165) is 128 Å². The molecule has 0 aromatic carbocycles. The Hall–Kier alpha value is -3.27. The van der Waals surface area contributed by atoms with Crippen LogP contribution in [0.15, 0.2) is 85.1 Å². The number of phosphoric acid groups is 2. The predicted molar refractivity (Wildman–Crippen MR) is 334 cm³/mol. The summed E-state index contributed by atoms with van der Waals surface area (Å²) >= 11 is 0. The SMILES string of the molecule is CC/C=C\C/C=C\C/C=C\C/C=C\CCCCCCC(=O)OCC(O)COP(=O)(O)OCC(O)COP(=O)(O)OCC(COC(=O)CCCCCCC/C=C\C/C=C\C/C=C\CC)OC(=O)CCCCCCCCCCCCCCCCC. The summed E-state index contributed by atoms with van der Waals surface area (Å²) in [5.74, 6) is -1.61. The molecule has 0 fully saturated rings. The van der Waals surface area contributed by atoms with E-state index in [1.54, 1.807) is 0 Å². The molecule has 5 atom stereocenters. The topological polar surface area (TPSA) is 231 Å². The highest BCUT2D eigenvalue weighted by molar-refractivity contribution is 7.47. The Bertz CT molecular complexity index is 1860. The highest BCUT2D eigenvalue weighted by Crippen LogP contribution is 2.45. The Balaban J connectivity index is 4.71. The average molecular weight is 1210 g/mol. The molecule has 16 nitrogen and oxygen atoms in total. The van der Waals surface area contributed by atoms with Crippen molar-refractivity contribution >= 4 is 33.6 Å². The van der Waals surface area contributed by atoms with Gasteiger partial charge in [0.2, 0.25) is 0 Å². The fraction of sp³-hybridized carbons (Fsp3) is 0.738. The lowest BCUT2D eigenvalue weighted by Crippen LogP contribution is -2.30. The van der Waals surface area contributed by atoms with Gasteiger partial charge in [-0.2, -0.15) is 0 Å². The van der Waals surface area contributed by atoms with Crippen molar-refractivity contribution in [2.75, 3.05) is 39.6 Å². The van der Waals surface area contributed by atoms with E-state index < -0.39 is 91.5 Å². The van der Waals surface area contributed by atoms with Crippen molar-refractivity contribution in [3.8, 4) is 0 Å². The first-order valence-electron chi connectivity index (χ1n) is 31.9. The summed E-state index contributed by atoms with van der Waals surface area (Å²) < 4.78 is 60.7. The van der Waals surface area contributed by atoms with E-state index in [4.69, 9.17) is 32.3 Å². The molecular weight excluding hydrogens is 1100 g/mol. The lowest BCUT2D eigenvalue weighted by atomic mass is 10.0. The van der Waals surface area contributed by atoms with Gasteiger partial charge in [-0.05, 0) is 89.9 Å². The molecule has 0 spiro atoms. The molecule has 0 saturated carbocycles. The third kappa shape index (κ3) is 60.2. The second-order valence-corrected chi connectivity index (χ2v) is 24.1. The first-order valence-corrected chi connectivity index (χ1v) is 34.9. The van der Waals surface area contributed by atoms with Crippen LogP contribution in [0.25, 0.3) is 0 Å². The van der Waals surface area contributed by atoms with Crippen LogP contribution in [0.3, 0.4) is 0 Å². The molecule has 0 aliphatic heterocycles. The second-order valence-electron chi connectivity index (χ2n) is 21.2. The van der Waals surface area contributed by atoms with E-state index in [1.165, 1.54) is 64.2 Å². The zero-order chi connectivity index (χ0) is 61.0. The summed E-state index contributed by atoms with van der Waals surface area (Å²) in [7, 11) is -9.77. The third-order valence-electron chi connectivity index (χ3n) is 13.1. The van der Waals surface area contributed by atoms with Crippen LogP contribution >= 0.6 is 15.6 Å². The van der Waals surface area contributed by atoms with E-state index in [2.05, 4.69) is 106 Å². The summed E-state index contributed by atoms with van der Waals surface area (Å²) in [4.78, 5) is 58.2. The van der Waals surface area contributed by atoms with Gasteiger partial charge >= 0.3 is 33.6 Å². The van der Waals surface area contributed by atoms with E-state index in [-0.39, 0.29) is 19.3 Å². The molecule has 5 unspecified atom stereocenters. The van der Waals surface area contributed by atoms with E-state index >= 15 is 0 Å². The number of allylic oxidation sites excluding steroid dienone is 14. The molecule has 4 N–H and O–H groups in total. The molecule has 0 aliphatic rings. The number of carbonyl (C=O) groups is 3. The fourth-order valence-electron chi connectivity index (χ4n) is 8.28. The van der Waals surface area contributed by atoms with Gasteiger partial charge in [-0.25, -0.2) is 9.13 Å². The average Bonchev–Trinajstić information content (AvgIpc) is 3.47. The molecule has 0 bridgehead atoms. The van der Waals surface area contributed by atoms with Crippen molar-refractivity contribution in [1.82, 2.24) is 0 Å². The van der Waals surface area contributed by atoms with Crippen molar-refractivity contribution in [3.63, 3.8) is 0 Å². The van der Waals surface area contributed by atoms with Gasteiger partial charge in [0.25, 0.3) is 0 Å². The molecule has 0 aliphatic carbocycles. The molecule has 0 radical (unpaired) electrons. The predicted octanol–water partition coefficient (Wildman–Crippen LogP) is 17.0. The maximum Gasteiger partial charge on any atom is 0.472 e. The highest BCUT2D eigenvalue weighted by atomic mass is 31.2. The van der Waals surface area contributed by atoms with Crippen molar-refractivity contribution in [2.24, 2.45) is 0 Å². The van der Waals surface area contributed by atoms with Crippen molar-refractivity contribution in [2.45, 2.75) is 270 Å². The van der Waals surface area contributed by atoms with Gasteiger partial charge in [0, 0.05) is 19.3 Å². The lowest BCUT2D eigenvalue weighted by molar-refractivity contribution is -0.161. The number of unbranched alkanes of at least 4 members (excludes halogenated alkanes) is 23.